The molecule has 0 saturated carbocycles. The second-order valence-electron chi connectivity index (χ2n) is 13.9. The fourth-order valence-corrected chi connectivity index (χ4v) is 8.58. The van der Waals surface area contributed by atoms with Gasteiger partial charge in [-0.25, -0.2) is 9.97 Å². The molecule has 8 aromatic carbocycles. The molecular formula is C51H31N3. The molecule has 0 fully saturated rings. The van der Waals surface area contributed by atoms with Gasteiger partial charge < -0.3 is 0 Å². The Kier molecular flexibility index (Phi) is 6.86. The SMILES string of the molecule is c1ccc(-c2nc3c4ccccc4ccc3c3c2cc(-c2c4ccccc4c(-c4cccc(-c5ccncc5)n4)c4ccccc24)c2ccccc23)cc1. The smallest absolute Gasteiger partial charge is 0.0794 e. The van der Waals surface area contributed by atoms with E-state index >= 15 is 0 Å². The molecule has 0 N–H and O–H groups in total. The van der Waals surface area contributed by atoms with Crippen molar-refractivity contribution in [1.82, 2.24) is 15.0 Å². The van der Waals surface area contributed by atoms with Crippen molar-refractivity contribution in [2.45, 2.75) is 0 Å². The topological polar surface area (TPSA) is 38.7 Å². The average Bonchev–Trinajstić information content (AvgIpc) is 3.25. The van der Waals surface area contributed by atoms with Gasteiger partial charge in [0.15, 0.2) is 0 Å². The molecule has 3 heterocycles. The molecule has 0 aliphatic rings. The van der Waals surface area contributed by atoms with Crippen molar-refractivity contribution in [3.05, 3.63) is 188 Å². The van der Waals surface area contributed by atoms with Crippen LogP contribution in [0, 0.1) is 0 Å². The number of pyridine rings is 3. The summed E-state index contributed by atoms with van der Waals surface area (Å²) in [6, 6.07) is 63.1. The Morgan fingerprint density at radius 2 is 0.926 bits per heavy atom. The largest absolute Gasteiger partial charge is 0.265 e. The number of hydrogen-bond donors (Lipinski definition) is 0. The van der Waals surface area contributed by atoms with E-state index in [1.165, 1.54) is 54.2 Å². The summed E-state index contributed by atoms with van der Waals surface area (Å²) >= 11 is 0. The van der Waals surface area contributed by atoms with Gasteiger partial charge in [-0.05, 0) is 79.2 Å². The Balaban J connectivity index is 1.29. The monoisotopic (exact) mass is 685 g/mol. The van der Waals surface area contributed by atoms with Crippen LogP contribution in [0.2, 0.25) is 0 Å². The van der Waals surface area contributed by atoms with Gasteiger partial charge in [0.25, 0.3) is 0 Å². The van der Waals surface area contributed by atoms with Gasteiger partial charge in [0, 0.05) is 50.6 Å². The number of rotatable bonds is 4. The highest BCUT2D eigenvalue weighted by molar-refractivity contribution is 6.31. The van der Waals surface area contributed by atoms with Crippen molar-refractivity contribution in [3.8, 4) is 44.9 Å². The lowest BCUT2D eigenvalue weighted by molar-refractivity contribution is 1.29. The summed E-state index contributed by atoms with van der Waals surface area (Å²) in [5, 5.41) is 13.0. The van der Waals surface area contributed by atoms with E-state index in [0.717, 1.165) is 55.4 Å². The molecule has 250 valence electrons. The van der Waals surface area contributed by atoms with Crippen LogP contribution in [0.5, 0.6) is 0 Å². The summed E-state index contributed by atoms with van der Waals surface area (Å²) in [6.07, 6.45) is 3.64. The maximum atomic E-state index is 5.54. The van der Waals surface area contributed by atoms with Gasteiger partial charge in [0.05, 0.1) is 22.6 Å². The Bertz CT molecular complexity index is 3200. The average molecular weight is 686 g/mol. The van der Waals surface area contributed by atoms with Crippen molar-refractivity contribution in [3.63, 3.8) is 0 Å². The molecule has 0 aliphatic carbocycles. The van der Waals surface area contributed by atoms with Crippen LogP contribution in [0.25, 0.3) is 110 Å². The third kappa shape index (κ3) is 4.65. The zero-order valence-corrected chi connectivity index (χ0v) is 29.2. The minimum atomic E-state index is 0.925. The van der Waals surface area contributed by atoms with E-state index in [0.29, 0.717) is 0 Å². The molecule has 0 unspecified atom stereocenters. The van der Waals surface area contributed by atoms with Crippen molar-refractivity contribution in [2.75, 3.05) is 0 Å². The van der Waals surface area contributed by atoms with Crippen molar-refractivity contribution in [2.24, 2.45) is 0 Å². The highest BCUT2D eigenvalue weighted by Gasteiger charge is 2.22. The van der Waals surface area contributed by atoms with E-state index in [2.05, 4.69) is 169 Å². The summed E-state index contributed by atoms with van der Waals surface area (Å²) < 4.78 is 0. The second-order valence-corrected chi connectivity index (χ2v) is 13.9. The maximum Gasteiger partial charge on any atom is 0.0794 e. The molecule has 0 spiro atoms. The molecule has 3 nitrogen and oxygen atoms in total. The minimum absolute atomic E-state index is 0.925. The van der Waals surface area contributed by atoms with Gasteiger partial charge in [-0.3, -0.25) is 4.98 Å². The summed E-state index contributed by atoms with van der Waals surface area (Å²) in [5.74, 6) is 0. The van der Waals surface area contributed by atoms with E-state index < -0.39 is 0 Å². The minimum Gasteiger partial charge on any atom is -0.265 e. The molecule has 0 saturated heterocycles. The van der Waals surface area contributed by atoms with Crippen molar-refractivity contribution >= 4 is 64.8 Å². The first-order chi connectivity index (χ1) is 26.8. The number of fused-ring (bicyclic) bond motifs is 9. The normalized spacial score (nSPS) is 11.7. The van der Waals surface area contributed by atoms with Gasteiger partial charge in [-0.15, -0.1) is 0 Å². The number of nitrogens with zero attached hydrogens (tertiary/aromatic N) is 3. The quantitative estimate of drug-likeness (QED) is 0.137. The van der Waals surface area contributed by atoms with Gasteiger partial charge in [-0.1, -0.05) is 146 Å². The van der Waals surface area contributed by atoms with E-state index in [-0.39, 0.29) is 0 Å². The Hall–Kier alpha value is -7.23. The predicted octanol–water partition coefficient (Wildman–Crippen LogP) is 13.5. The molecule has 0 amide bonds. The standard InChI is InChI=1S/C51H31N3/c1-2-14-34(15-3-1)50-44-31-43(36-17-6-7-18-37(36)48(44)42-26-25-32-13-4-5-16-35(32)51(42)54-50)47-38-19-8-10-21-40(38)49(41-22-11-9-20-39(41)47)46-24-12-23-45(53-46)33-27-29-52-30-28-33/h1-31H. The van der Waals surface area contributed by atoms with Crippen LogP contribution in [0.15, 0.2) is 188 Å². The zero-order chi connectivity index (χ0) is 35.6. The number of benzene rings is 8. The van der Waals surface area contributed by atoms with E-state index in [9.17, 15) is 0 Å². The molecular weight excluding hydrogens is 655 g/mol. The third-order valence-corrected chi connectivity index (χ3v) is 10.9. The molecule has 0 radical (unpaired) electrons. The summed E-state index contributed by atoms with van der Waals surface area (Å²) in [7, 11) is 0. The first-order valence-corrected chi connectivity index (χ1v) is 18.4. The van der Waals surface area contributed by atoms with Crippen molar-refractivity contribution < 1.29 is 0 Å². The second kappa shape index (κ2) is 12.2. The molecule has 11 rings (SSSR count). The maximum absolute atomic E-state index is 5.54. The molecule has 3 aromatic heterocycles. The Morgan fingerprint density at radius 3 is 1.65 bits per heavy atom. The molecule has 3 heteroatoms. The molecule has 0 bridgehead atoms. The number of aromatic nitrogens is 3. The lowest BCUT2D eigenvalue weighted by Crippen LogP contribution is -1.96. The van der Waals surface area contributed by atoms with E-state index in [1.807, 2.05) is 24.5 Å². The molecule has 11 aromatic rings. The van der Waals surface area contributed by atoms with Crippen LogP contribution < -0.4 is 0 Å². The highest BCUT2D eigenvalue weighted by Crippen LogP contribution is 2.48. The number of hydrogen-bond acceptors (Lipinski definition) is 3. The van der Waals surface area contributed by atoms with Crippen LogP contribution >= 0.6 is 0 Å². The van der Waals surface area contributed by atoms with Crippen molar-refractivity contribution in [1.29, 1.82) is 0 Å². The van der Waals surface area contributed by atoms with Crippen LogP contribution in [0.4, 0.5) is 0 Å². The highest BCUT2D eigenvalue weighted by atomic mass is 14.7. The lowest BCUT2D eigenvalue weighted by atomic mass is 9.83. The van der Waals surface area contributed by atoms with Gasteiger partial charge >= 0.3 is 0 Å². The van der Waals surface area contributed by atoms with Gasteiger partial charge in [-0.2, -0.15) is 0 Å². The van der Waals surface area contributed by atoms with Crippen LogP contribution in [-0.2, 0) is 0 Å². The summed E-state index contributed by atoms with van der Waals surface area (Å²) in [6.45, 7) is 0. The fourth-order valence-electron chi connectivity index (χ4n) is 8.58. The fraction of sp³-hybridized carbons (Fsp3) is 0. The van der Waals surface area contributed by atoms with Crippen LogP contribution in [-0.4, -0.2) is 15.0 Å². The van der Waals surface area contributed by atoms with Crippen LogP contribution in [0.3, 0.4) is 0 Å². The van der Waals surface area contributed by atoms with E-state index in [1.54, 1.807) is 0 Å². The van der Waals surface area contributed by atoms with E-state index in [4.69, 9.17) is 9.97 Å². The first-order valence-electron chi connectivity index (χ1n) is 18.4. The predicted molar refractivity (Wildman–Crippen MR) is 227 cm³/mol. The zero-order valence-electron chi connectivity index (χ0n) is 29.2. The first kappa shape index (κ1) is 30.4. The van der Waals surface area contributed by atoms with Gasteiger partial charge in [0.1, 0.15) is 0 Å². The molecule has 0 aliphatic heterocycles. The third-order valence-electron chi connectivity index (χ3n) is 10.9. The summed E-state index contributed by atoms with van der Waals surface area (Å²) in [4.78, 5) is 15.0. The molecule has 0 atom stereocenters. The lowest BCUT2D eigenvalue weighted by Gasteiger charge is -2.21. The Labute approximate surface area is 311 Å². The van der Waals surface area contributed by atoms with Crippen LogP contribution in [0.1, 0.15) is 0 Å². The Morgan fingerprint density at radius 1 is 0.333 bits per heavy atom. The summed E-state index contributed by atoms with van der Waals surface area (Å²) in [5.41, 5.74) is 9.57. The van der Waals surface area contributed by atoms with Gasteiger partial charge in [0.2, 0.25) is 0 Å². The molecule has 54 heavy (non-hydrogen) atoms.